The zero-order valence-electron chi connectivity index (χ0n) is 53.8. The fourth-order valence-corrected chi connectivity index (χ4v) is 10.9. The third kappa shape index (κ3) is 47.2. The van der Waals surface area contributed by atoms with Gasteiger partial charge in [-0.3, -0.25) is 9.59 Å². The van der Waals surface area contributed by atoms with Gasteiger partial charge in [0.25, 0.3) is 0 Å². The van der Waals surface area contributed by atoms with Gasteiger partial charge in [-0.1, -0.05) is 306 Å². The first-order chi connectivity index (χ1) is 40.7. The average molecular weight is 1170 g/mol. The fourth-order valence-electron chi connectivity index (χ4n) is 10.9. The van der Waals surface area contributed by atoms with Crippen molar-refractivity contribution in [2.75, 3.05) is 13.2 Å². The Labute approximate surface area is 509 Å². The zero-order valence-corrected chi connectivity index (χ0v) is 53.8. The van der Waals surface area contributed by atoms with Crippen LogP contribution >= 0.6 is 0 Å². The first kappa shape index (κ1) is 78.4. The number of hydrogen-bond acceptors (Lipinski definition) is 10. The molecule has 0 saturated carbocycles. The Morgan fingerprint density at radius 2 is 0.831 bits per heavy atom. The Kier molecular flexibility index (Phi) is 56.4. The molecule has 0 radical (unpaired) electrons. The summed E-state index contributed by atoms with van der Waals surface area (Å²) in [5.74, 6) is -1.20. The number of amides is 1. The van der Waals surface area contributed by atoms with Gasteiger partial charge in [-0.15, -0.1) is 0 Å². The number of carbonyl (C=O) groups excluding carboxylic acids is 2. The summed E-state index contributed by atoms with van der Waals surface area (Å²) in [6.07, 6.45) is 65.5. The van der Waals surface area contributed by atoms with Crippen LogP contribution in [-0.4, -0.2) is 99.6 Å². The van der Waals surface area contributed by atoms with Crippen LogP contribution in [0.5, 0.6) is 0 Å². The van der Waals surface area contributed by atoms with Crippen molar-refractivity contribution in [3.63, 3.8) is 0 Å². The van der Waals surface area contributed by atoms with E-state index in [2.05, 4.69) is 74.7 Å². The second-order valence-corrected chi connectivity index (χ2v) is 24.3. The molecule has 8 unspecified atom stereocenters. The van der Waals surface area contributed by atoms with Crippen LogP contribution in [0.15, 0.2) is 60.8 Å². The van der Waals surface area contributed by atoms with Crippen LogP contribution in [0.25, 0.3) is 0 Å². The smallest absolute Gasteiger partial charge is 0.306 e. The molecule has 1 saturated heterocycles. The maximum Gasteiger partial charge on any atom is 0.306 e. The predicted octanol–water partition coefficient (Wildman–Crippen LogP) is 17.7. The SMILES string of the molecule is CCCCC/C=C\C/C=C\C/C=C\C/C=C\CCCCCCCCC(O)C(=O)NC(COC1OC(CO)C(O)C(O)C1OC(=O)CCCCCCCCCCCCCCCCCCCCCCC)C(O)/C=C/CCCCCCCCCCC. The quantitative estimate of drug-likeness (QED) is 0.0195. The molecule has 11 heteroatoms. The molecular formula is C72H131NO10. The number of ether oxygens (including phenoxy) is 3. The largest absolute Gasteiger partial charge is 0.454 e. The van der Waals surface area contributed by atoms with Crippen LogP contribution in [0.1, 0.15) is 323 Å². The number of aliphatic hydroxyl groups excluding tert-OH is 5. The van der Waals surface area contributed by atoms with E-state index in [4.69, 9.17) is 14.2 Å². The van der Waals surface area contributed by atoms with Gasteiger partial charge in [-0.2, -0.15) is 0 Å². The molecule has 0 aromatic carbocycles. The molecule has 484 valence electrons. The topological polar surface area (TPSA) is 175 Å². The molecule has 1 heterocycles. The van der Waals surface area contributed by atoms with Crippen molar-refractivity contribution in [3.8, 4) is 0 Å². The molecule has 0 aromatic rings. The Hall–Kier alpha value is -2.64. The summed E-state index contributed by atoms with van der Waals surface area (Å²) in [5, 5.41) is 57.2. The van der Waals surface area contributed by atoms with Crippen molar-refractivity contribution in [3.05, 3.63) is 60.8 Å². The van der Waals surface area contributed by atoms with E-state index in [1.807, 2.05) is 6.08 Å². The summed E-state index contributed by atoms with van der Waals surface area (Å²) in [6, 6.07) is -1.03. The molecule has 1 aliphatic heterocycles. The monoisotopic (exact) mass is 1170 g/mol. The molecule has 1 fully saturated rings. The Morgan fingerprint density at radius 1 is 0.470 bits per heavy atom. The van der Waals surface area contributed by atoms with Gasteiger partial charge in [0.15, 0.2) is 12.4 Å². The number of allylic oxidation sites excluding steroid dienone is 9. The van der Waals surface area contributed by atoms with Gasteiger partial charge in [-0.25, -0.2) is 0 Å². The van der Waals surface area contributed by atoms with E-state index < -0.39 is 67.4 Å². The Bertz CT molecular complexity index is 1580. The second-order valence-electron chi connectivity index (χ2n) is 24.3. The standard InChI is InChI=1S/C72H131NO10/c1-4-7-10-13-16-19-22-24-26-28-30-32-34-35-37-39-41-44-47-50-53-56-59-65(76)71(80)73-63(64(75)58-55-52-49-46-43-21-18-15-12-9-6-3)62-81-72-70(69(79)68(78)66(61-74)82-72)83-67(77)60-57-54-51-48-45-42-40-38-36-33-31-29-27-25-23-20-17-14-11-8-5-2/h16,19,24,26,30,32,35,37,55,58,63-66,68-70,72,74-76,78-79H,4-15,17-18,20-23,25,27-29,31,33-34,36,38-54,56-57,59-62H2,1-3H3,(H,73,80)/b19-16-,26-24-,32-30-,37-35-,58-55+. The van der Waals surface area contributed by atoms with Gasteiger partial charge >= 0.3 is 5.97 Å². The lowest BCUT2D eigenvalue weighted by Gasteiger charge is -2.41. The number of rotatable bonds is 60. The molecule has 0 aliphatic carbocycles. The molecular weight excluding hydrogens is 1040 g/mol. The van der Waals surface area contributed by atoms with Gasteiger partial charge in [-0.05, 0) is 70.6 Å². The van der Waals surface area contributed by atoms with Gasteiger partial charge in [0, 0.05) is 6.42 Å². The van der Waals surface area contributed by atoms with Crippen molar-refractivity contribution in [2.24, 2.45) is 0 Å². The molecule has 0 bridgehead atoms. The fraction of sp³-hybridized carbons (Fsp3) is 0.833. The van der Waals surface area contributed by atoms with Crippen molar-refractivity contribution in [1.82, 2.24) is 5.32 Å². The molecule has 1 rings (SSSR count). The minimum Gasteiger partial charge on any atom is -0.454 e. The Morgan fingerprint density at radius 3 is 1.27 bits per heavy atom. The predicted molar refractivity (Wildman–Crippen MR) is 347 cm³/mol. The number of carbonyl (C=O) groups is 2. The summed E-state index contributed by atoms with van der Waals surface area (Å²) in [6.45, 7) is 5.79. The second kappa shape index (κ2) is 59.7. The Balaban J connectivity index is 2.58. The van der Waals surface area contributed by atoms with Gasteiger partial charge < -0.3 is 45.1 Å². The molecule has 1 aliphatic rings. The lowest BCUT2D eigenvalue weighted by Crippen LogP contribution is -2.61. The number of nitrogens with one attached hydrogen (secondary N) is 1. The van der Waals surface area contributed by atoms with Crippen molar-refractivity contribution in [2.45, 2.75) is 372 Å². The van der Waals surface area contributed by atoms with E-state index in [1.165, 1.54) is 180 Å². The number of esters is 1. The van der Waals surface area contributed by atoms with Crippen molar-refractivity contribution in [1.29, 1.82) is 0 Å². The van der Waals surface area contributed by atoms with E-state index in [-0.39, 0.29) is 19.4 Å². The van der Waals surface area contributed by atoms with E-state index in [0.717, 1.165) is 96.3 Å². The lowest BCUT2D eigenvalue weighted by molar-refractivity contribution is -0.305. The van der Waals surface area contributed by atoms with E-state index in [9.17, 15) is 35.1 Å². The molecule has 83 heavy (non-hydrogen) atoms. The summed E-state index contributed by atoms with van der Waals surface area (Å²) < 4.78 is 17.7. The highest BCUT2D eigenvalue weighted by atomic mass is 16.7. The summed E-state index contributed by atoms with van der Waals surface area (Å²) in [7, 11) is 0. The maximum atomic E-state index is 13.5. The lowest BCUT2D eigenvalue weighted by atomic mass is 9.99. The first-order valence-corrected chi connectivity index (χ1v) is 35.1. The van der Waals surface area contributed by atoms with E-state index >= 15 is 0 Å². The van der Waals surface area contributed by atoms with Crippen molar-refractivity contribution < 1.29 is 49.3 Å². The van der Waals surface area contributed by atoms with Crippen LogP contribution < -0.4 is 5.32 Å². The van der Waals surface area contributed by atoms with E-state index in [1.54, 1.807) is 6.08 Å². The van der Waals surface area contributed by atoms with Gasteiger partial charge in [0.2, 0.25) is 5.91 Å². The van der Waals surface area contributed by atoms with Crippen LogP contribution in [-0.2, 0) is 23.8 Å². The molecule has 8 atom stereocenters. The van der Waals surface area contributed by atoms with Gasteiger partial charge in [0.05, 0.1) is 25.4 Å². The highest BCUT2D eigenvalue weighted by Gasteiger charge is 2.47. The normalized spacial score (nSPS) is 18.9. The summed E-state index contributed by atoms with van der Waals surface area (Å²) >= 11 is 0. The van der Waals surface area contributed by atoms with Crippen LogP contribution in [0.3, 0.4) is 0 Å². The molecule has 11 nitrogen and oxygen atoms in total. The highest BCUT2D eigenvalue weighted by molar-refractivity contribution is 5.80. The summed E-state index contributed by atoms with van der Waals surface area (Å²) in [4.78, 5) is 26.6. The number of aliphatic hydroxyl groups is 5. The van der Waals surface area contributed by atoms with Crippen LogP contribution in [0.4, 0.5) is 0 Å². The minimum absolute atomic E-state index is 0.125. The maximum absolute atomic E-state index is 13.5. The molecule has 6 N–H and O–H groups in total. The molecule has 1 amide bonds. The third-order valence-electron chi connectivity index (χ3n) is 16.4. The van der Waals surface area contributed by atoms with Crippen molar-refractivity contribution >= 4 is 11.9 Å². The highest BCUT2D eigenvalue weighted by Crippen LogP contribution is 2.26. The minimum atomic E-state index is -1.62. The molecule has 0 spiro atoms. The summed E-state index contributed by atoms with van der Waals surface area (Å²) in [5.41, 5.74) is 0. The average Bonchev–Trinajstić information content (AvgIpc) is 3.52. The van der Waals surface area contributed by atoms with Gasteiger partial charge in [0.1, 0.15) is 24.4 Å². The first-order valence-electron chi connectivity index (χ1n) is 35.1. The zero-order chi connectivity index (χ0) is 60.3. The van der Waals surface area contributed by atoms with E-state index in [0.29, 0.717) is 12.8 Å². The molecule has 0 aromatic heterocycles. The van der Waals surface area contributed by atoms with Crippen LogP contribution in [0.2, 0.25) is 0 Å². The van der Waals surface area contributed by atoms with Crippen LogP contribution in [0, 0.1) is 0 Å². The number of hydrogen-bond donors (Lipinski definition) is 6. The third-order valence-corrected chi connectivity index (χ3v) is 16.4. The number of unbranched alkanes of at least 4 members (excludes halogenated alkanes) is 38.